The van der Waals surface area contributed by atoms with Crippen molar-refractivity contribution in [3.8, 4) is 29.4 Å². The van der Waals surface area contributed by atoms with Gasteiger partial charge in [-0.1, -0.05) is 86.1 Å². The minimum Gasteiger partial charge on any atom is -0.507 e. The third kappa shape index (κ3) is 10.5. The molecule has 3 aromatic carbocycles. The van der Waals surface area contributed by atoms with Crippen LogP contribution in [0.5, 0.6) is 5.75 Å². The molecule has 2 aliphatic heterocycles. The van der Waals surface area contributed by atoms with E-state index >= 15 is 0 Å². The van der Waals surface area contributed by atoms with Crippen LogP contribution in [0.4, 0.5) is 15.3 Å². The summed E-state index contributed by atoms with van der Waals surface area (Å²) < 4.78 is 17.8. The molecule has 18 nitrogen and oxygen atoms in total. The van der Waals surface area contributed by atoms with E-state index in [1.807, 2.05) is 13.8 Å². The first-order chi connectivity index (χ1) is 33.9. The van der Waals surface area contributed by atoms with Crippen LogP contribution in [0.25, 0.3) is 0 Å². The van der Waals surface area contributed by atoms with Crippen molar-refractivity contribution in [1.29, 1.82) is 0 Å². The predicted molar refractivity (Wildman–Crippen MR) is 256 cm³/mol. The van der Waals surface area contributed by atoms with Gasteiger partial charge in [0.15, 0.2) is 28.6 Å². The van der Waals surface area contributed by atoms with E-state index in [2.05, 4.69) is 44.9 Å². The highest BCUT2D eigenvalue weighted by Crippen LogP contribution is 2.67. The fraction of sp³-hybridized carbons (Fsp3) is 0.396. The van der Waals surface area contributed by atoms with Gasteiger partial charge in [-0.25, -0.2) is 9.59 Å². The number of nitrogens with two attached hydrogens (primary N) is 1. The van der Waals surface area contributed by atoms with E-state index in [0.717, 1.165) is 0 Å². The van der Waals surface area contributed by atoms with Gasteiger partial charge < -0.3 is 56.2 Å². The molecule has 0 spiro atoms. The molecule has 0 radical (unpaired) electrons. The van der Waals surface area contributed by atoms with Crippen LogP contribution in [0, 0.1) is 35.5 Å². The highest BCUT2D eigenvalue weighted by atomic mass is 16.7. The Balaban J connectivity index is 0.952. The zero-order chi connectivity index (χ0) is 51.2. The monoisotopic (exact) mass is 969 g/mol. The van der Waals surface area contributed by atoms with Gasteiger partial charge in [0, 0.05) is 55.0 Å². The van der Waals surface area contributed by atoms with Gasteiger partial charge in [0.1, 0.15) is 24.2 Å². The molecule has 18 heteroatoms. The molecule has 2 bridgehead atoms. The van der Waals surface area contributed by atoms with Gasteiger partial charge in [0.25, 0.3) is 0 Å². The number of nitrogens with one attached hydrogen (secondary N) is 4. The first-order valence-corrected chi connectivity index (χ1v) is 23.3. The number of primary amides is 1. The number of esters is 1. The second-order valence-corrected chi connectivity index (χ2v) is 18.3. The van der Waals surface area contributed by atoms with Gasteiger partial charge in [-0.2, -0.15) is 0 Å². The summed E-state index contributed by atoms with van der Waals surface area (Å²) in [6.07, 6.45) is -0.0936. The zero-order valence-corrected chi connectivity index (χ0v) is 39.6. The topological polar surface area (TPSA) is 282 Å². The van der Waals surface area contributed by atoms with Gasteiger partial charge in [-0.05, 0) is 68.4 Å². The van der Waals surface area contributed by atoms with E-state index in [9.17, 15) is 48.6 Å². The van der Waals surface area contributed by atoms with E-state index in [0.29, 0.717) is 17.5 Å². The molecule has 4 aliphatic rings. The molecule has 1 saturated heterocycles. The third-order valence-corrected chi connectivity index (χ3v) is 13.0. The number of benzene rings is 3. The molecule has 3 aromatic rings. The van der Waals surface area contributed by atoms with Crippen molar-refractivity contribution in [1.82, 2.24) is 16.0 Å². The predicted octanol–water partition coefficient (Wildman–Crippen LogP) is 3.80. The van der Waals surface area contributed by atoms with Gasteiger partial charge in [0.2, 0.25) is 12.0 Å². The van der Waals surface area contributed by atoms with Crippen molar-refractivity contribution < 1.29 is 62.8 Å². The van der Waals surface area contributed by atoms with Gasteiger partial charge >= 0.3 is 18.1 Å². The van der Waals surface area contributed by atoms with Crippen molar-refractivity contribution in [3.05, 3.63) is 106 Å². The van der Waals surface area contributed by atoms with Crippen LogP contribution in [-0.4, -0.2) is 100 Å². The number of epoxide rings is 1. The lowest BCUT2D eigenvalue weighted by molar-refractivity contribution is -0.145. The summed E-state index contributed by atoms with van der Waals surface area (Å²) in [5.41, 5.74) is 3.20. The van der Waals surface area contributed by atoms with Crippen LogP contribution in [0.1, 0.15) is 108 Å². The molecular formula is C53H55N5O13. The number of amides is 4. The molecule has 370 valence electrons. The quantitative estimate of drug-likeness (QED) is 0.0218. The van der Waals surface area contributed by atoms with E-state index < -0.39 is 82.7 Å². The number of hydrogen-bond donors (Lipinski definition) is 7. The number of aliphatic hydroxyl groups is 1. The van der Waals surface area contributed by atoms with Crippen LogP contribution in [0.15, 0.2) is 66.7 Å². The molecule has 0 saturated carbocycles. The molecule has 0 unspecified atom stereocenters. The molecule has 71 heavy (non-hydrogen) atoms. The van der Waals surface area contributed by atoms with Gasteiger partial charge in [-0.15, -0.1) is 0 Å². The number of allylic oxidation sites excluding steroid dienone is 2. The van der Waals surface area contributed by atoms with Crippen LogP contribution < -0.4 is 27.0 Å². The fourth-order valence-corrected chi connectivity index (χ4v) is 9.42. The number of ether oxygens (including phenoxy) is 3. The first kappa shape index (κ1) is 51.1. The SMILES string of the molecule is CC(=O)C[C@H](C(=O)N[C@@H](CCCNC(N)=O)C(=O)Cc1ccc(COC(=O)CCCNC(=O)O[C@@H]2C#C/C=C\C#C[C@@H]3Nc4c(cc(O)c5c4C(=O)c4ccccc4C5=O)[C@]24O[C@@]34[C@@H](C)O)cc1)C(C)C. The zero-order valence-electron chi connectivity index (χ0n) is 39.6. The Morgan fingerprint density at radius 2 is 1.54 bits per heavy atom. The number of alkyl carbamates (subject to hydrolysis) is 1. The normalized spacial score (nSPS) is 21.4. The van der Waals surface area contributed by atoms with Crippen LogP contribution >= 0.6 is 0 Å². The average molecular weight is 970 g/mol. The van der Waals surface area contributed by atoms with Gasteiger partial charge in [-0.3, -0.25) is 24.0 Å². The lowest BCUT2D eigenvalue weighted by atomic mass is 9.69. The summed E-state index contributed by atoms with van der Waals surface area (Å²) in [4.78, 5) is 104. The van der Waals surface area contributed by atoms with Gasteiger partial charge in [0.05, 0.1) is 29.0 Å². The lowest BCUT2D eigenvalue weighted by Crippen LogP contribution is -2.55. The number of fused-ring (bicyclic) bond motifs is 4. The fourth-order valence-electron chi connectivity index (χ4n) is 9.42. The maximum absolute atomic E-state index is 14.1. The van der Waals surface area contributed by atoms with Crippen LogP contribution in [-0.2, 0) is 52.0 Å². The number of hydrogen-bond acceptors (Lipinski definition) is 14. The van der Waals surface area contributed by atoms with E-state index in [4.69, 9.17) is 19.9 Å². The number of rotatable bonds is 20. The number of phenolic OH excluding ortho intramolecular Hbond substituents is 1. The van der Waals surface area contributed by atoms with E-state index in [-0.39, 0.29) is 103 Å². The molecule has 1 fully saturated rings. The summed E-state index contributed by atoms with van der Waals surface area (Å²) in [5, 5.41) is 33.9. The maximum atomic E-state index is 14.1. The smallest absolute Gasteiger partial charge is 0.408 e. The number of anilines is 1. The second kappa shape index (κ2) is 21.5. The number of aliphatic hydroxyl groups excluding tert-OH is 1. The minimum atomic E-state index is -1.79. The Morgan fingerprint density at radius 3 is 2.18 bits per heavy atom. The molecule has 7 rings (SSSR count). The number of aromatic hydroxyl groups is 1. The Hall–Kier alpha value is -7.80. The summed E-state index contributed by atoms with van der Waals surface area (Å²) in [5.74, 6) is 7.82. The number of urea groups is 1. The minimum absolute atomic E-state index is 0.0216. The largest absolute Gasteiger partial charge is 0.507 e. The highest BCUT2D eigenvalue weighted by molar-refractivity contribution is 6.31. The number of ketones is 4. The Kier molecular flexibility index (Phi) is 15.4. The lowest BCUT2D eigenvalue weighted by Gasteiger charge is -2.38. The highest BCUT2D eigenvalue weighted by Gasteiger charge is 2.83. The summed E-state index contributed by atoms with van der Waals surface area (Å²) in [7, 11) is 0. The number of carbonyl (C=O) groups excluding carboxylic acids is 8. The molecule has 7 atom stereocenters. The summed E-state index contributed by atoms with van der Waals surface area (Å²) in [6, 6.07) is 11.7. The molecule has 0 aromatic heterocycles. The number of phenols is 1. The van der Waals surface area contributed by atoms with Crippen LogP contribution in [0.3, 0.4) is 0 Å². The molecular weight excluding hydrogens is 915 g/mol. The molecule has 4 amide bonds. The van der Waals surface area contributed by atoms with Crippen molar-refractivity contribution in [2.45, 2.75) is 108 Å². The first-order valence-electron chi connectivity index (χ1n) is 23.3. The van der Waals surface area contributed by atoms with Crippen molar-refractivity contribution in [2.24, 2.45) is 17.6 Å². The third-order valence-electron chi connectivity index (χ3n) is 13.0. The Morgan fingerprint density at radius 1 is 0.887 bits per heavy atom. The Bertz CT molecular complexity index is 2830. The summed E-state index contributed by atoms with van der Waals surface area (Å²) >= 11 is 0. The van der Waals surface area contributed by atoms with Crippen molar-refractivity contribution in [3.63, 3.8) is 0 Å². The Labute approximate surface area is 409 Å². The number of Topliss-reactive ketones (excluding diaryl/α,β-unsaturated/α-hetero) is 2. The average Bonchev–Trinajstić information content (AvgIpc) is 4.06. The standard InChI is InChI=1S/C53H55N5O13/c1-29(2)36(25-30(3)59)49(66)57-38(15-11-23-55-50(54)67)39(61)26-32-19-21-33(22-20-32)28-69-43(63)18-12-24-56-51(68)70-42-17-8-6-5-7-16-41-52(31(4)60)53(42,71-52)37-27-40(62)44-45(46(37)58-41)48(65)35-14-10-9-13-34(35)47(44)64/h5-6,9-10,13-14,19-22,27,29,31,36,38,41-42,58,60,62H,11-12,15,18,23-26,28H2,1-4H3,(H,56,68)(H,57,66)(H3,54,55,67)/b6-5-/t31-,36+,38+,41+,42-,52+,53+/m1/s1. The van der Waals surface area contributed by atoms with E-state index in [1.54, 1.807) is 36.4 Å². The molecule has 2 heterocycles. The van der Waals surface area contributed by atoms with Crippen molar-refractivity contribution >= 4 is 52.8 Å². The number of carbonyl (C=O) groups is 8. The second-order valence-electron chi connectivity index (χ2n) is 18.3. The van der Waals surface area contributed by atoms with E-state index in [1.165, 1.54) is 44.2 Å². The molecule has 8 N–H and O–H groups in total. The van der Waals surface area contributed by atoms with Crippen molar-refractivity contribution in [2.75, 3.05) is 18.4 Å². The van der Waals surface area contributed by atoms with Crippen LogP contribution in [0.2, 0.25) is 0 Å². The summed E-state index contributed by atoms with van der Waals surface area (Å²) in [6.45, 7) is 6.64. The maximum Gasteiger partial charge on any atom is 0.408 e. The molecule has 2 aliphatic carbocycles.